The Bertz CT molecular complexity index is 250. The molecule has 92 valence electrons. The van der Waals surface area contributed by atoms with Crippen LogP contribution in [0.1, 0.15) is 25.7 Å². The van der Waals surface area contributed by atoms with Crippen molar-refractivity contribution < 1.29 is 5.11 Å². The van der Waals surface area contributed by atoms with Gasteiger partial charge in [-0.1, -0.05) is 0 Å². The number of aliphatic hydroxyl groups excluding tert-OH is 1. The molecule has 3 nitrogen and oxygen atoms in total. The van der Waals surface area contributed by atoms with Crippen molar-refractivity contribution in [2.45, 2.75) is 37.8 Å². The summed E-state index contributed by atoms with van der Waals surface area (Å²) in [6, 6.07) is 0.663. The number of likely N-dealkylation sites (tertiary alicyclic amines) is 2. The lowest BCUT2D eigenvalue weighted by molar-refractivity contribution is -0.0800. The smallest absolute Gasteiger partial charge is 0.0635 e. The van der Waals surface area contributed by atoms with Crippen LogP contribution in [0.25, 0.3) is 0 Å². The molecule has 0 amide bonds. The molecule has 16 heavy (non-hydrogen) atoms. The van der Waals surface area contributed by atoms with Crippen molar-refractivity contribution in [2.24, 2.45) is 11.8 Å². The Balaban J connectivity index is 1.74. The topological polar surface area (TPSA) is 26.7 Å². The van der Waals surface area contributed by atoms with Crippen molar-refractivity contribution in [3.8, 4) is 0 Å². The number of hydrogen-bond donors (Lipinski definition) is 1. The molecule has 0 aromatic rings. The van der Waals surface area contributed by atoms with E-state index in [0.29, 0.717) is 17.9 Å². The van der Waals surface area contributed by atoms with Crippen LogP contribution in [0.15, 0.2) is 0 Å². The van der Waals surface area contributed by atoms with Crippen molar-refractivity contribution in [1.82, 2.24) is 9.80 Å². The van der Waals surface area contributed by atoms with Gasteiger partial charge < -0.3 is 10.0 Å². The lowest BCUT2D eigenvalue weighted by Gasteiger charge is -2.50. The zero-order chi connectivity index (χ0) is 11.1. The molecular formula is C13H24N2O. The molecule has 0 unspecified atom stereocenters. The van der Waals surface area contributed by atoms with E-state index in [4.69, 9.17) is 0 Å². The highest BCUT2D eigenvalue weighted by atomic mass is 16.3. The first-order valence-electron chi connectivity index (χ1n) is 6.86. The van der Waals surface area contributed by atoms with E-state index in [9.17, 15) is 5.11 Å². The number of rotatable bonds is 1. The zero-order valence-electron chi connectivity index (χ0n) is 10.3. The fourth-order valence-electron chi connectivity index (χ4n) is 4.14. The molecule has 0 aromatic carbocycles. The van der Waals surface area contributed by atoms with E-state index >= 15 is 0 Å². The maximum atomic E-state index is 10.4. The summed E-state index contributed by atoms with van der Waals surface area (Å²) >= 11 is 0. The van der Waals surface area contributed by atoms with Gasteiger partial charge in [0, 0.05) is 25.0 Å². The first-order valence-corrected chi connectivity index (χ1v) is 6.86. The first-order chi connectivity index (χ1) is 7.75. The summed E-state index contributed by atoms with van der Waals surface area (Å²) in [4.78, 5) is 5.06. The van der Waals surface area contributed by atoms with E-state index in [2.05, 4.69) is 16.8 Å². The van der Waals surface area contributed by atoms with Crippen LogP contribution in [0.3, 0.4) is 0 Å². The number of fused-ring (bicyclic) bond motifs is 2. The third kappa shape index (κ3) is 1.79. The van der Waals surface area contributed by atoms with Crippen LogP contribution in [0, 0.1) is 11.8 Å². The largest absolute Gasteiger partial charge is 0.392 e. The molecule has 3 fully saturated rings. The van der Waals surface area contributed by atoms with Gasteiger partial charge in [-0.25, -0.2) is 0 Å². The standard InChI is InChI=1S/C13H24N2O/c1-14-8-10-4-5-12(11(9-14)13(10)16)15-6-2-3-7-15/h10-13,16H,2-9H2,1H3/t10-,11-,12+,13-/m0/s1. The number of aliphatic hydroxyl groups is 1. The molecule has 1 aliphatic carbocycles. The molecule has 3 heteroatoms. The van der Waals surface area contributed by atoms with Crippen LogP contribution in [0.5, 0.6) is 0 Å². The van der Waals surface area contributed by atoms with E-state index in [1.165, 1.54) is 38.8 Å². The minimum absolute atomic E-state index is 0.0319. The second-order valence-electron chi connectivity index (χ2n) is 6.02. The van der Waals surface area contributed by atoms with Crippen LogP contribution in [0.2, 0.25) is 0 Å². The summed E-state index contributed by atoms with van der Waals surface area (Å²) in [5.74, 6) is 1.05. The van der Waals surface area contributed by atoms with Crippen LogP contribution in [-0.2, 0) is 0 Å². The number of nitrogens with zero attached hydrogens (tertiary/aromatic N) is 2. The highest BCUT2D eigenvalue weighted by Gasteiger charge is 2.44. The van der Waals surface area contributed by atoms with Crippen LogP contribution >= 0.6 is 0 Å². The van der Waals surface area contributed by atoms with Gasteiger partial charge >= 0.3 is 0 Å². The Kier molecular flexibility index (Phi) is 2.94. The SMILES string of the molecule is CN1C[C@@H]2CC[C@@H](N3CCCC3)[C@H](C1)[C@H]2O. The van der Waals surface area contributed by atoms with Crippen molar-refractivity contribution in [3.05, 3.63) is 0 Å². The molecule has 3 rings (SSSR count). The molecular weight excluding hydrogens is 200 g/mol. The van der Waals surface area contributed by atoms with Gasteiger partial charge in [0.2, 0.25) is 0 Å². The highest BCUT2D eigenvalue weighted by molar-refractivity contribution is 4.98. The second kappa shape index (κ2) is 4.28. The third-order valence-electron chi connectivity index (χ3n) is 4.93. The summed E-state index contributed by atoms with van der Waals surface area (Å²) in [5, 5.41) is 10.4. The van der Waals surface area contributed by atoms with Crippen LogP contribution in [-0.4, -0.2) is 60.3 Å². The Hall–Kier alpha value is -0.120. The van der Waals surface area contributed by atoms with Gasteiger partial charge in [0.1, 0.15) is 0 Å². The molecule has 2 aliphatic heterocycles. The summed E-state index contributed by atoms with van der Waals surface area (Å²) in [7, 11) is 2.21. The summed E-state index contributed by atoms with van der Waals surface area (Å²) < 4.78 is 0. The molecule has 0 radical (unpaired) electrons. The van der Waals surface area contributed by atoms with Crippen molar-refractivity contribution in [1.29, 1.82) is 0 Å². The van der Waals surface area contributed by atoms with Gasteiger partial charge in [-0.15, -0.1) is 0 Å². The molecule has 0 aromatic heterocycles. The molecule has 2 bridgehead atoms. The minimum atomic E-state index is -0.0319. The fourth-order valence-corrected chi connectivity index (χ4v) is 4.14. The van der Waals surface area contributed by atoms with Gasteiger partial charge in [0.25, 0.3) is 0 Å². The average molecular weight is 224 g/mol. The Morgan fingerprint density at radius 2 is 1.81 bits per heavy atom. The predicted octanol–water partition coefficient (Wildman–Crippen LogP) is 0.783. The Morgan fingerprint density at radius 3 is 2.56 bits per heavy atom. The van der Waals surface area contributed by atoms with Crippen LogP contribution in [0.4, 0.5) is 0 Å². The van der Waals surface area contributed by atoms with E-state index < -0.39 is 0 Å². The van der Waals surface area contributed by atoms with Gasteiger partial charge in [0.15, 0.2) is 0 Å². The summed E-state index contributed by atoms with van der Waals surface area (Å²) in [5.41, 5.74) is 0. The molecule has 2 saturated heterocycles. The van der Waals surface area contributed by atoms with E-state index in [1.54, 1.807) is 0 Å². The second-order valence-corrected chi connectivity index (χ2v) is 6.02. The number of hydrogen-bond acceptors (Lipinski definition) is 3. The molecule has 2 heterocycles. The van der Waals surface area contributed by atoms with Gasteiger partial charge in [-0.3, -0.25) is 4.90 Å². The lowest BCUT2D eigenvalue weighted by atomic mass is 9.72. The maximum Gasteiger partial charge on any atom is 0.0635 e. The quantitative estimate of drug-likeness (QED) is 0.713. The summed E-state index contributed by atoms with van der Waals surface area (Å²) in [6.45, 7) is 4.73. The monoisotopic (exact) mass is 224 g/mol. The first kappa shape index (κ1) is 11.0. The van der Waals surface area contributed by atoms with E-state index in [-0.39, 0.29) is 6.10 Å². The third-order valence-corrected chi connectivity index (χ3v) is 4.93. The van der Waals surface area contributed by atoms with Crippen molar-refractivity contribution in [3.63, 3.8) is 0 Å². The normalized spacial score (nSPS) is 46.1. The number of piperidine rings is 1. The Morgan fingerprint density at radius 1 is 1.06 bits per heavy atom. The van der Waals surface area contributed by atoms with Crippen molar-refractivity contribution in [2.75, 3.05) is 33.2 Å². The summed E-state index contributed by atoms with van der Waals surface area (Å²) in [6.07, 6.45) is 5.23. The van der Waals surface area contributed by atoms with Crippen LogP contribution < -0.4 is 0 Å². The minimum Gasteiger partial charge on any atom is -0.392 e. The Labute approximate surface area is 98.4 Å². The molecule has 4 atom stereocenters. The predicted molar refractivity (Wildman–Crippen MR) is 64.3 cm³/mol. The van der Waals surface area contributed by atoms with Crippen molar-refractivity contribution >= 4 is 0 Å². The molecule has 1 saturated carbocycles. The van der Waals surface area contributed by atoms with Gasteiger partial charge in [-0.2, -0.15) is 0 Å². The van der Waals surface area contributed by atoms with E-state index in [0.717, 1.165) is 13.1 Å². The highest BCUT2D eigenvalue weighted by Crippen LogP contribution is 2.38. The van der Waals surface area contributed by atoms with Gasteiger partial charge in [-0.05, 0) is 51.7 Å². The molecule has 0 spiro atoms. The zero-order valence-corrected chi connectivity index (χ0v) is 10.3. The maximum absolute atomic E-state index is 10.4. The molecule has 3 aliphatic rings. The fraction of sp³-hybridized carbons (Fsp3) is 1.00. The van der Waals surface area contributed by atoms with E-state index in [1.807, 2.05) is 0 Å². The van der Waals surface area contributed by atoms with Gasteiger partial charge in [0.05, 0.1) is 6.10 Å². The molecule has 1 N–H and O–H groups in total. The average Bonchev–Trinajstić information content (AvgIpc) is 2.74. The lowest BCUT2D eigenvalue weighted by Crippen LogP contribution is -2.58.